The van der Waals surface area contributed by atoms with Crippen LogP contribution in [0.4, 0.5) is 0 Å². The largest absolute Gasteiger partial charge is 0.493 e. The first-order valence-corrected chi connectivity index (χ1v) is 7.98. The molecule has 2 aromatic rings. The number of ether oxygens (including phenoxy) is 1. The van der Waals surface area contributed by atoms with Crippen molar-refractivity contribution >= 4 is 10.8 Å². The molecule has 2 aromatic carbocycles. The van der Waals surface area contributed by atoms with Gasteiger partial charge in [0.15, 0.2) is 0 Å². The van der Waals surface area contributed by atoms with Gasteiger partial charge in [0.05, 0.1) is 6.61 Å². The molecule has 114 valence electrons. The topological polar surface area (TPSA) is 21.3 Å². The third kappa shape index (κ3) is 4.21. The molecule has 0 aliphatic carbocycles. The van der Waals surface area contributed by atoms with E-state index in [1.807, 2.05) is 0 Å². The molecule has 0 aliphatic heterocycles. The highest BCUT2D eigenvalue weighted by Gasteiger charge is 2.10. The number of hydrogen-bond donors (Lipinski definition) is 1. The second-order valence-electron chi connectivity index (χ2n) is 6.12. The van der Waals surface area contributed by atoms with Crippen molar-refractivity contribution in [3.05, 3.63) is 42.0 Å². The molecule has 0 spiro atoms. The van der Waals surface area contributed by atoms with Crippen LogP contribution in [0.1, 0.15) is 39.7 Å². The van der Waals surface area contributed by atoms with Crippen molar-refractivity contribution in [2.24, 2.45) is 5.92 Å². The first-order valence-electron chi connectivity index (χ1n) is 7.98. The second-order valence-corrected chi connectivity index (χ2v) is 6.12. The Labute approximate surface area is 128 Å². The lowest BCUT2D eigenvalue weighted by Crippen LogP contribution is -2.22. The van der Waals surface area contributed by atoms with Gasteiger partial charge in [0.2, 0.25) is 0 Å². The number of benzene rings is 2. The number of fused-ring (bicyclic) bond motifs is 1. The lowest BCUT2D eigenvalue weighted by Gasteiger charge is -2.18. The summed E-state index contributed by atoms with van der Waals surface area (Å²) >= 11 is 0. The molecular weight excluding hydrogens is 258 g/mol. The van der Waals surface area contributed by atoms with Gasteiger partial charge < -0.3 is 10.1 Å². The molecule has 1 N–H and O–H groups in total. The maximum Gasteiger partial charge on any atom is 0.124 e. The van der Waals surface area contributed by atoms with Gasteiger partial charge in [-0.25, -0.2) is 0 Å². The van der Waals surface area contributed by atoms with Gasteiger partial charge in [0.25, 0.3) is 0 Å². The van der Waals surface area contributed by atoms with Gasteiger partial charge in [-0.1, -0.05) is 64.4 Å². The van der Waals surface area contributed by atoms with Crippen molar-refractivity contribution in [1.29, 1.82) is 0 Å². The third-order valence-electron chi connectivity index (χ3n) is 3.90. The van der Waals surface area contributed by atoms with Crippen molar-refractivity contribution in [1.82, 2.24) is 5.32 Å². The molecule has 0 aromatic heterocycles. The molecule has 0 radical (unpaired) electrons. The zero-order valence-electron chi connectivity index (χ0n) is 13.6. The van der Waals surface area contributed by atoms with Crippen LogP contribution in [0.2, 0.25) is 0 Å². The molecule has 21 heavy (non-hydrogen) atoms. The standard InChI is InChI=1S/C19H27NO/c1-5-15(4)13-21-19-11-10-16-8-6-7-9-17(16)18(19)12-20-14(2)3/h6-11,14-15,20H,5,12-13H2,1-4H3. The Kier molecular flexibility index (Phi) is 5.63. The van der Waals surface area contributed by atoms with Gasteiger partial charge in [-0.2, -0.15) is 0 Å². The molecule has 2 heteroatoms. The van der Waals surface area contributed by atoms with Crippen LogP contribution in [0.5, 0.6) is 5.75 Å². The van der Waals surface area contributed by atoms with Crippen LogP contribution in [0.3, 0.4) is 0 Å². The third-order valence-corrected chi connectivity index (χ3v) is 3.90. The highest BCUT2D eigenvalue weighted by atomic mass is 16.5. The summed E-state index contributed by atoms with van der Waals surface area (Å²) in [4.78, 5) is 0. The van der Waals surface area contributed by atoms with E-state index in [0.29, 0.717) is 12.0 Å². The molecular formula is C19H27NO. The minimum absolute atomic E-state index is 0.464. The normalized spacial score (nSPS) is 12.8. The molecule has 2 rings (SSSR count). The second kappa shape index (κ2) is 7.46. The Morgan fingerprint density at radius 3 is 2.52 bits per heavy atom. The number of hydrogen-bond acceptors (Lipinski definition) is 2. The van der Waals surface area contributed by atoms with Gasteiger partial charge in [-0.05, 0) is 22.8 Å². The molecule has 0 fully saturated rings. The Hall–Kier alpha value is -1.54. The molecule has 0 bridgehead atoms. The minimum atomic E-state index is 0.464. The Morgan fingerprint density at radius 1 is 1.05 bits per heavy atom. The van der Waals surface area contributed by atoms with Crippen LogP contribution in [0.15, 0.2) is 36.4 Å². The van der Waals surface area contributed by atoms with Crippen molar-refractivity contribution < 1.29 is 4.74 Å². The molecule has 0 saturated carbocycles. The molecule has 0 saturated heterocycles. The number of nitrogens with one attached hydrogen (secondary N) is 1. The SMILES string of the molecule is CCC(C)COc1ccc2ccccc2c1CNC(C)C. The van der Waals surface area contributed by atoms with E-state index in [4.69, 9.17) is 4.74 Å². The average Bonchev–Trinajstić information content (AvgIpc) is 2.50. The van der Waals surface area contributed by atoms with E-state index in [2.05, 4.69) is 69.4 Å². The smallest absolute Gasteiger partial charge is 0.124 e. The van der Waals surface area contributed by atoms with Crippen molar-refractivity contribution in [2.45, 2.75) is 46.7 Å². The maximum atomic E-state index is 6.09. The fraction of sp³-hybridized carbons (Fsp3) is 0.474. The monoisotopic (exact) mass is 285 g/mol. The van der Waals surface area contributed by atoms with Gasteiger partial charge in [0.1, 0.15) is 5.75 Å². The van der Waals surface area contributed by atoms with E-state index >= 15 is 0 Å². The highest BCUT2D eigenvalue weighted by Crippen LogP contribution is 2.28. The van der Waals surface area contributed by atoms with E-state index in [1.54, 1.807) is 0 Å². The number of rotatable bonds is 7. The van der Waals surface area contributed by atoms with E-state index in [9.17, 15) is 0 Å². The van der Waals surface area contributed by atoms with Gasteiger partial charge >= 0.3 is 0 Å². The summed E-state index contributed by atoms with van der Waals surface area (Å²) in [5.41, 5.74) is 1.27. The van der Waals surface area contributed by atoms with Gasteiger partial charge in [-0.3, -0.25) is 0 Å². The predicted octanol–water partition coefficient (Wildman–Crippen LogP) is 4.76. The summed E-state index contributed by atoms with van der Waals surface area (Å²) in [6.45, 7) is 10.4. The maximum absolute atomic E-state index is 6.09. The quantitative estimate of drug-likeness (QED) is 0.791. The lowest BCUT2D eigenvalue weighted by atomic mass is 10.0. The lowest BCUT2D eigenvalue weighted by molar-refractivity contribution is 0.254. The van der Waals surface area contributed by atoms with Crippen molar-refractivity contribution in [2.75, 3.05) is 6.61 Å². The average molecular weight is 285 g/mol. The summed E-state index contributed by atoms with van der Waals surface area (Å²) in [6, 6.07) is 13.3. The van der Waals surface area contributed by atoms with E-state index in [0.717, 1.165) is 25.3 Å². The molecule has 2 nitrogen and oxygen atoms in total. The summed E-state index contributed by atoms with van der Waals surface area (Å²) in [7, 11) is 0. The van der Waals surface area contributed by atoms with Crippen molar-refractivity contribution in [3.8, 4) is 5.75 Å². The Bertz CT molecular complexity index is 577. The first kappa shape index (κ1) is 15.8. The predicted molar refractivity (Wildman–Crippen MR) is 90.9 cm³/mol. The zero-order valence-corrected chi connectivity index (χ0v) is 13.6. The fourth-order valence-corrected chi connectivity index (χ4v) is 2.29. The van der Waals surface area contributed by atoms with E-state index in [1.165, 1.54) is 16.3 Å². The summed E-state index contributed by atoms with van der Waals surface area (Å²) < 4.78 is 6.09. The van der Waals surface area contributed by atoms with E-state index < -0.39 is 0 Å². The summed E-state index contributed by atoms with van der Waals surface area (Å²) in [6.07, 6.45) is 1.15. The molecule has 1 atom stereocenters. The van der Waals surface area contributed by atoms with Crippen molar-refractivity contribution in [3.63, 3.8) is 0 Å². The molecule has 0 heterocycles. The Balaban J connectivity index is 2.31. The van der Waals surface area contributed by atoms with Crippen LogP contribution in [0, 0.1) is 5.92 Å². The summed E-state index contributed by atoms with van der Waals surface area (Å²) in [5, 5.41) is 6.07. The molecule has 0 amide bonds. The van der Waals surface area contributed by atoms with Crippen LogP contribution < -0.4 is 10.1 Å². The van der Waals surface area contributed by atoms with Crippen LogP contribution in [-0.4, -0.2) is 12.6 Å². The zero-order chi connectivity index (χ0) is 15.2. The van der Waals surface area contributed by atoms with Gasteiger partial charge in [-0.15, -0.1) is 0 Å². The minimum Gasteiger partial charge on any atom is -0.493 e. The fourth-order valence-electron chi connectivity index (χ4n) is 2.29. The van der Waals surface area contributed by atoms with Crippen LogP contribution in [0.25, 0.3) is 10.8 Å². The van der Waals surface area contributed by atoms with Crippen LogP contribution >= 0.6 is 0 Å². The first-order chi connectivity index (χ1) is 10.1. The van der Waals surface area contributed by atoms with Crippen LogP contribution in [-0.2, 0) is 6.54 Å². The van der Waals surface area contributed by atoms with E-state index in [-0.39, 0.29) is 0 Å². The molecule has 1 unspecified atom stereocenters. The van der Waals surface area contributed by atoms with Gasteiger partial charge in [0, 0.05) is 18.2 Å². The summed E-state index contributed by atoms with van der Waals surface area (Å²) in [5.74, 6) is 1.60. The molecule has 0 aliphatic rings. The Morgan fingerprint density at radius 2 is 1.81 bits per heavy atom. The highest BCUT2D eigenvalue weighted by molar-refractivity contribution is 5.87.